The molecule has 0 aromatic heterocycles. The van der Waals surface area contributed by atoms with Gasteiger partial charge in [-0.1, -0.05) is 17.7 Å². The van der Waals surface area contributed by atoms with Gasteiger partial charge in [-0.05, 0) is 25.5 Å². The number of hydrogen-bond donors (Lipinski definition) is 2. The first-order valence-electron chi connectivity index (χ1n) is 5.95. The van der Waals surface area contributed by atoms with Crippen molar-refractivity contribution in [1.82, 2.24) is 9.62 Å². The highest BCUT2D eigenvalue weighted by atomic mass is 32.2. The molecule has 0 radical (unpaired) electrons. The average Bonchev–Trinajstić information content (AvgIpc) is 2.77. The number of aryl methyl sites for hydroxylation is 1. The fraction of sp³-hybridized carbons (Fsp3) is 0.417. The van der Waals surface area contributed by atoms with E-state index in [4.69, 9.17) is 5.11 Å². The van der Waals surface area contributed by atoms with Gasteiger partial charge in [0.15, 0.2) is 0 Å². The Morgan fingerprint density at radius 3 is 2.53 bits per heavy atom. The van der Waals surface area contributed by atoms with E-state index in [9.17, 15) is 13.2 Å². The lowest BCUT2D eigenvalue weighted by Gasteiger charge is -2.14. The van der Waals surface area contributed by atoms with Crippen LogP contribution in [0.4, 0.5) is 4.79 Å². The van der Waals surface area contributed by atoms with Gasteiger partial charge in [-0.15, -0.1) is 0 Å². The largest absolute Gasteiger partial charge is 0.465 e. The van der Waals surface area contributed by atoms with Gasteiger partial charge in [-0.2, -0.15) is 0 Å². The van der Waals surface area contributed by atoms with Gasteiger partial charge in [-0.25, -0.2) is 17.9 Å². The van der Waals surface area contributed by atoms with Crippen LogP contribution >= 0.6 is 0 Å². The Morgan fingerprint density at radius 1 is 1.37 bits per heavy atom. The number of nitrogens with one attached hydrogen (secondary N) is 1. The molecule has 7 heteroatoms. The Kier molecular flexibility index (Phi) is 3.77. The summed E-state index contributed by atoms with van der Waals surface area (Å²) in [6, 6.07) is 6.19. The molecule has 1 aromatic rings. The highest BCUT2D eigenvalue weighted by Crippen LogP contribution is 2.15. The summed E-state index contributed by atoms with van der Waals surface area (Å²) in [5.41, 5.74) is 0.983. The molecular formula is C12H16N2O4S. The van der Waals surface area contributed by atoms with Crippen molar-refractivity contribution in [1.29, 1.82) is 0 Å². The fourth-order valence-corrected chi connectivity index (χ4v) is 3.30. The van der Waals surface area contributed by atoms with Crippen molar-refractivity contribution in [3.8, 4) is 0 Å². The van der Waals surface area contributed by atoms with E-state index in [0.717, 1.165) is 5.56 Å². The average molecular weight is 284 g/mol. The Bertz CT molecular complexity index is 568. The topological polar surface area (TPSA) is 86.7 Å². The summed E-state index contributed by atoms with van der Waals surface area (Å²) in [6.45, 7) is 2.43. The van der Waals surface area contributed by atoms with Crippen LogP contribution in [0.2, 0.25) is 0 Å². The van der Waals surface area contributed by atoms with Crippen LogP contribution in [-0.4, -0.2) is 43.6 Å². The van der Waals surface area contributed by atoms with Crippen LogP contribution in [-0.2, 0) is 10.0 Å². The summed E-state index contributed by atoms with van der Waals surface area (Å²) < 4.78 is 26.7. The molecule has 1 atom stereocenters. The third-order valence-electron chi connectivity index (χ3n) is 3.11. The first-order chi connectivity index (χ1) is 8.88. The van der Waals surface area contributed by atoms with Crippen molar-refractivity contribution >= 4 is 16.1 Å². The summed E-state index contributed by atoms with van der Waals surface area (Å²) in [5.74, 6) is 0. The SMILES string of the molecule is Cc1ccc(S(=O)(=O)NC2CCN(C(=O)O)C2)cc1. The molecule has 1 aromatic carbocycles. The second-order valence-corrected chi connectivity index (χ2v) is 6.36. The third kappa shape index (κ3) is 3.24. The molecule has 1 aliphatic heterocycles. The molecule has 19 heavy (non-hydrogen) atoms. The smallest absolute Gasteiger partial charge is 0.407 e. The maximum atomic E-state index is 12.1. The standard InChI is InChI=1S/C12H16N2O4S/c1-9-2-4-11(5-3-9)19(17,18)13-10-6-7-14(8-10)12(15)16/h2-5,10,13H,6-8H2,1H3,(H,15,16). The number of nitrogens with zero attached hydrogens (tertiary/aromatic N) is 1. The maximum absolute atomic E-state index is 12.1. The molecule has 1 amide bonds. The number of rotatable bonds is 3. The van der Waals surface area contributed by atoms with Crippen LogP contribution in [0.25, 0.3) is 0 Å². The van der Waals surface area contributed by atoms with Gasteiger partial charge in [0.25, 0.3) is 0 Å². The molecule has 0 saturated carbocycles. The summed E-state index contributed by atoms with van der Waals surface area (Å²) in [7, 11) is -3.58. The number of benzene rings is 1. The quantitative estimate of drug-likeness (QED) is 0.867. The van der Waals surface area contributed by atoms with Crippen molar-refractivity contribution in [3.63, 3.8) is 0 Å². The Labute approximate surface area is 112 Å². The van der Waals surface area contributed by atoms with Crippen LogP contribution in [0.15, 0.2) is 29.2 Å². The Balaban J connectivity index is 2.06. The predicted molar refractivity (Wildman–Crippen MR) is 69.5 cm³/mol. The summed E-state index contributed by atoms with van der Waals surface area (Å²) in [5, 5.41) is 8.83. The van der Waals surface area contributed by atoms with Gasteiger partial charge in [0.2, 0.25) is 10.0 Å². The second kappa shape index (κ2) is 5.18. The lowest BCUT2D eigenvalue weighted by atomic mass is 10.2. The monoisotopic (exact) mass is 284 g/mol. The van der Waals surface area contributed by atoms with E-state index in [0.29, 0.717) is 13.0 Å². The number of amides is 1. The van der Waals surface area contributed by atoms with Crippen molar-refractivity contribution < 1.29 is 18.3 Å². The van der Waals surface area contributed by atoms with E-state index in [1.54, 1.807) is 24.3 Å². The minimum atomic E-state index is -3.58. The summed E-state index contributed by atoms with van der Waals surface area (Å²) >= 11 is 0. The minimum Gasteiger partial charge on any atom is -0.465 e. The van der Waals surface area contributed by atoms with E-state index in [2.05, 4.69) is 4.72 Å². The molecule has 1 unspecified atom stereocenters. The van der Waals surface area contributed by atoms with E-state index in [-0.39, 0.29) is 17.5 Å². The van der Waals surface area contributed by atoms with E-state index in [1.165, 1.54) is 4.90 Å². The molecule has 0 spiro atoms. The number of likely N-dealkylation sites (tertiary alicyclic amines) is 1. The summed E-state index contributed by atoms with van der Waals surface area (Å²) in [6.07, 6.45) is -0.519. The Morgan fingerprint density at radius 2 is 2.00 bits per heavy atom. The molecule has 6 nitrogen and oxygen atoms in total. The third-order valence-corrected chi connectivity index (χ3v) is 4.65. The molecule has 1 fully saturated rings. The number of hydrogen-bond acceptors (Lipinski definition) is 3. The molecule has 1 aliphatic rings. The van der Waals surface area contributed by atoms with Crippen LogP contribution in [0, 0.1) is 6.92 Å². The first kappa shape index (κ1) is 13.8. The lowest BCUT2D eigenvalue weighted by molar-refractivity contribution is 0.155. The van der Waals surface area contributed by atoms with Gasteiger partial charge in [0.05, 0.1) is 4.90 Å². The normalized spacial score (nSPS) is 19.6. The van der Waals surface area contributed by atoms with Crippen molar-refractivity contribution in [2.24, 2.45) is 0 Å². The van der Waals surface area contributed by atoms with E-state index in [1.807, 2.05) is 6.92 Å². The summed E-state index contributed by atoms with van der Waals surface area (Å²) in [4.78, 5) is 12.2. The molecule has 1 heterocycles. The van der Waals surface area contributed by atoms with Crippen LogP contribution in [0.5, 0.6) is 0 Å². The maximum Gasteiger partial charge on any atom is 0.407 e. The van der Waals surface area contributed by atoms with Gasteiger partial charge in [0, 0.05) is 19.1 Å². The van der Waals surface area contributed by atoms with Gasteiger partial charge in [0.1, 0.15) is 0 Å². The minimum absolute atomic E-state index is 0.195. The second-order valence-electron chi connectivity index (χ2n) is 4.65. The highest BCUT2D eigenvalue weighted by molar-refractivity contribution is 7.89. The zero-order valence-electron chi connectivity index (χ0n) is 10.5. The number of carbonyl (C=O) groups is 1. The van der Waals surface area contributed by atoms with Gasteiger partial charge >= 0.3 is 6.09 Å². The van der Waals surface area contributed by atoms with Crippen molar-refractivity contribution in [2.75, 3.05) is 13.1 Å². The zero-order valence-corrected chi connectivity index (χ0v) is 11.4. The molecule has 2 N–H and O–H groups in total. The first-order valence-corrected chi connectivity index (χ1v) is 7.44. The highest BCUT2D eigenvalue weighted by Gasteiger charge is 2.29. The van der Waals surface area contributed by atoms with Gasteiger partial charge in [-0.3, -0.25) is 0 Å². The van der Waals surface area contributed by atoms with Crippen molar-refractivity contribution in [3.05, 3.63) is 29.8 Å². The molecule has 104 valence electrons. The van der Waals surface area contributed by atoms with Crippen LogP contribution in [0.3, 0.4) is 0 Å². The predicted octanol–water partition coefficient (Wildman–Crippen LogP) is 1.03. The zero-order chi connectivity index (χ0) is 14.0. The molecule has 2 rings (SSSR count). The molecule has 1 saturated heterocycles. The fourth-order valence-electron chi connectivity index (χ4n) is 2.04. The Hall–Kier alpha value is -1.60. The van der Waals surface area contributed by atoms with E-state index < -0.39 is 16.1 Å². The number of carboxylic acid groups (broad SMARTS) is 1. The lowest BCUT2D eigenvalue weighted by Crippen LogP contribution is -2.38. The molecular weight excluding hydrogens is 268 g/mol. The van der Waals surface area contributed by atoms with Crippen molar-refractivity contribution in [2.45, 2.75) is 24.3 Å². The van der Waals surface area contributed by atoms with Crippen LogP contribution in [0.1, 0.15) is 12.0 Å². The number of sulfonamides is 1. The molecule has 0 aliphatic carbocycles. The van der Waals surface area contributed by atoms with Crippen LogP contribution < -0.4 is 4.72 Å². The van der Waals surface area contributed by atoms with Gasteiger partial charge < -0.3 is 10.0 Å². The van der Waals surface area contributed by atoms with E-state index >= 15 is 0 Å². The molecule has 0 bridgehead atoms.